The van der Waals surface area contributed by atoms with Crippen molar-refractivity contribution in [2.75, 3.05) is 6.61 Å². The summed E-state index contributed by atoms with van der Waals surface area (Å²) in [6.45, 7) is 0.727. The van der Waals surface area contributed by atoms with Crippen LogP contribution in [0.4, 0.5) is 0 Å². The molecule has 0 aromatic carbocycles. The molecule has 1 aliphatic heterocycles. The molecule has 1 amide bonds. The molecular weight excluding hydrogens is 168 g/mol. The number of rotatable bonds is 1. The minimum absolute atomic E-state index is 0.309. The summed E-state index contributed by atoms with van der Waals surface area (Å²) in [6.07, 6.45) is 3.47. The van der Waals surface area contributed by atoms with Crippen LogP contribution in [-0.4, -0.2) is 17.5 Å². The van der Waals surface area contributed by atoms with E-state index in [-0.39, 0.29) is 0 Å². The Balaban J connectivity index is 2.40. The SMILES string of the molecule is NC(=O)c1cc2c(cn1)OCCC2. The number of aromatic nitrogens is 1. The zero-order chi connectivity index (χ0) is 9.26. The third-order valence-electron chi connectivity index (χ3n) is 2.05. The fourth-order valence-corrected chi connectivity index (χ4v) is 1.39. The van der Waals surface area contributed by atoms with E-state index >= 15 is 0 Å². The third kappa shape index (κ3) is 1.47. The van der Waals surface area contributed by atoms with Crippen LogP contribution in [0.15, 0.2) is 12.3 Å². The highest BCUT2D eigenvalue weighted by Gasteiger charge is 2.12. The Morgan fingerprint density at radius 2 is 2.46 bits per heavy atom. The number of primary amides is 1. The maximum atomic E-state index is 10.8. The standard InChI is InChI=1S/C9H10N2O2/c10-9(12)7-4-6-2-1-3-13-8(6)5-11-7/h4-5H,1-3H2,(H2,10,12). The van der Waals surface area contributed by atoms with Gasteiger partial charge in [0.1, 0.15) is 11.4 Å². The Hall–Kier alpha value is -1.58. The van der Waals surface area contributed by atoms with Crippen molar-refractivity contribution in [3.63, 3.8) is 0 Å². The van der Waals surface area contributed by atoms with Gasteiger partial charge in [-0.05, 0) is 24.5 Å². The number of aryl methyl sites for hydroxylation is 1. The number of hydrogen-bond acceptors (Lipinski definition) is 3. The van der Waals surface area contributed by atoms with E-state index in [0.29, 0.717) is 5.69 Å². The molecule has 2 rings (SSSR count). The van der Waals surface area contributed by atoms with Crippen molar-refractivity contribution in [3.05, 3.63) is 23.5 Å². The molecule has 0 bridgehead atoms. The van der Waals surface area contributed by atoms with Crippen molar-refractivity contribution >= 4 is 5.91 Å². The van der Waals surface area contributed by atoms with Gasteiger partial charge in [0.25, 0.3) is 5.91 Å². The van der Waals surface area contributed by atoms with Crippen LogP contribution >= 0.6 is 0 Å². The van der Waals surface area contributed by atoms with Gasteiger partial charge in [0.05, 0.1) is 12.8 Å². The van der Waals surface area contributed by atoms with E-state index in [2.05, 4.69) is 4.98 Å². The van der Waals surface area contributed by atoms with Gasteiger partial charge in [-0.2, -0.15) is 0 Å². The average molecular weight is 178 g/mol. The Labute approximate surface area is 75.7 Å². The second-order valence-electron chi connectivity index (χ2n) is 2.99. The van der Waals surface area contributed by atoms with Gasteiger partial charge in [0, 0.05) is 0 Å². The third-order valence-corrected chi connectivity index (χ3v) is 2.05. The van der Waals surface area contributed by atoms with E-state index in [4.69, 9.17) is 10.5 Å². The van der Waals surface area contributed by atoms with E-state index < -0.39 is 5.91 Å². The summed E-state index contributed by atoms with van der Waals surface area (Å²) in [6, 6.07) is 1.71. The predicted octanol–water partition coefficient (Wildman–Crippen LogP) is 0.505. The minimum Gasteiger partial charge on any atom is -0.492 e. The maximum absolute atomic E-state index is 10.8. The number of pyridine rings is 1. The predicted molar refractivity (Wildman–Crippen MR) is 46.6 cm³/mol. The Morgan fingerprint density at radius 3 is 3.23 bits per heavy atom. The molecular formula is C9H10N2O2. The zero-order valence-corrected chi connectivity index (χ0v) is 7.12. The molecule has 0 fully saturated rings. The fraction of sp³-hybridized carbons (Fsp3) is 0.333. The lowest BCUT2D eigenvalue weighted by molar-refractivity contribution is 0.0995. The molecule has 68 valence electrons. The molecule has 0 radical (unpaired) electrons. The zero-order valence-electron chi connectivity index (χ0n) is 7.12. The molecule has 13 heavy (non-hydrogen) atoms. The highest BCUT2D eigenvalue weighted by Crippen LogP contribution is 2.23. The summed E-state index contributed by atoms with van der Waals surface area (Å²) in [4.78, 5) is 14.7. The summed E-state index contributed by atoms with van der Waals surface area (Å²) in [5.74, 6) is 0.282. The lowest BCUT2D eigenvalue weighted by Gasteiger charge is -2.16. The van der Waals surface area contributed by atoms with Crippen LogP contribution < -0.4 is 10.5 Å². The van der Waals surface area contributed by atoms with Gasteiger partial charge in [-0.1, -0.05) is 0 Å². The molecule has 0 aliphatic carbocycles. The van der Waals surface area contributed by atoms with Crippen molar-refractivity contribution in [3.8, 4) is 5.75 Å². The second kappa shape index (κ2) is 3.05. The first-order valence-corrected chi connectivity index (χ1v) is 4.19. The van der Waals surface area contributed by atoms with Crippen molar-refractivity contribution in [2.45, 2.75) is 12.8 Å². The number of hydrogen-bond donors (Lipinski definition) is 1. The normalized spacial score (nSPS) is 14.5. The molecule has 0 unspecified atom stereocenters. The first kappa shape index (κ1) is 8.04. The molecule has 1 aromatic heterocycles. The second-order valence-corrected chi connectivity index (χ2v) is 2.99. The molecule has 1 aliphatic rings. The maximum Gasteiger partial charge on any atom is 0.267 e. The summed E-state index contributed by atoms with van der Waals surface area (Å²) >= 11 is 0. The first-order chi connectivity index (χ1) is 6.27. The quantitative estimate of drug-likeness (QED) is 0.681. The monoisotopic (exact) mass is 178 g/mol. The Morgan fingerprint density at radius 1 is 1.62 bits per heavy atom. The topological polar surface area (TPSA) is 65.2 Å². The van der Waals surface area contributed by atoms with E-state index in [1.807, 2.05) is 0 Å². The molecule has 1 aromatic rings. The Bertz CT molecular complexity index is 349. The number of carbonyl (C=O) groups excluding carboxylic acids is 1. The van der Waals surface area contributed by atoms with Crippen molar-refractivity contribution in [2.24, 2.45) is 5.73 Å². The summed E-state index contributed by atoms with van der Waals surface area (Å²) in [5.41, 5.74) is 6.44. The summed E-state index contributed by atoms with van der Waals surface area (Å²) in [5, 5.41) is 0. The number of amides is 1. The molecule has 0 saturated heterocycles. The van der Waals surface area contributed by atoms with E-state index in [1.54, 1.807) is 12.3 Å². The van der Waals surface area contributed by atoms with Gasteiger partial charge >= 0.3 is 0 Å². The molecule has 4 heteroatoms. The average Bonchev–Trinajstić information content (AvgIpc) is 2.17. The highest BCUT2D eigenvalue weighted by molar-refractivity contribution is 5.91. The summed E-state index contributed by atoms with van der Waals surface area (Å²) in [7, 11) is 0. The number of nitrogens with zero attached hydrogens (tertiary/aromatic N) is 1. The minimum atomic E-state index is -0.492. The summed E-state index contributed by atoms with van der Waals surface area (Å²) < 4.78 is 5.34. The lowest BCUT2D eigenvalue weighted by Crippen LogP contribution is -2.15. The van der Waals surface area contributed by atoms with Crippen LogP contribution in [0, 0.1) is 0 Å². The van der Waals surface area contributed by atoms with Gasteiger partial charge in [-0.25, -0.2) is 4.98 Å². The number of fused-ring (bicyclic) bond motifs is 1. The Kier molecular flexibility index (Phi) is 1.88. The van der Waals surface area contributed by atoms with Gasteiger partial charge in [-0.15, -0.1) is 0 Å². The molecule has 2 N–H and O–H groups in total. The van der Waals surface area contributed by atoms with Crippen LogP contribution in [-0.2, 0) is 6.42 Å². The first-order valence-electron chi connectivity index (χ1n) is 4.19. The molecule has 2 heterocycles. The van der Waals surface area contributed by atoms with Gasteiger partial charge in [0.2, 0.25) is 0 Å². The number of ether oxygens (including phenoxy) is 1. The van der Waals surface area contributed by atoms with Crippen molar-refractivity contribution in [1.29, 1.82) is 0 Å². The van der Waals surface area contributed by atoms with Crippen LogP contribution in [0.3, 0.4) is 0 Å². The van der Waals surface area contributed by atoms with Gasteiger partial charge in [-0.3, -0.25) is 4.79 Å². The highest BCUT2D eigenvalue weighted by atomic mass is 16.5. The molecule has 0 atom stereocenters. The van der Waals surface area contributed by atoms with E-state index in [9.17, 15) is 4.79 Å². The van der Waals surface area contributed by atoms with Gasteiger partial charge in [0.15, 0.2) is 0 Å². The van der Waals surface area contributed by atoms with E-state index in [0.717, 1.165) is 30.8 Å². The number of nitrogens with two attached hydrogens (primary N) is 1. The van der Waals surface area contributed by atoms with Crippen LogP contribution in [0.2, 0.25) is 0 Å². The van der Waals surface area contributed by atoms with Crippen molar-refractivity contribution in [1.82, 2.24) is 4.98 Å². The molecule has 4 nitrogen and oxygen atoms in total. The van der Waals surface area contributed by atoms with E-state index in [1.165, 1.54) is 0 Å². The van der Waals surface area contributed by atoms with Gasteiger partial charge < -0.3 is 10.5 Å². The number of carbonyl (C=O) groups is 1. The molecule has 0 saturated carbocycles. The van der Waals surface area contributed by atoms with Crippen molar-refractivity contribution < 1.29 is 9.53 Å². The smallest absolute Gasteiger partial charge is 0.267 e. The fourth-order valence-electron chi connectivity index (χ4n) is 1.39. The van der Waals surface area contributed by atoms with Crippen LogP contribution in [0.1, 0.15) is 22.5 Å². The largest absolute Gasteiger partial charge is 0.492 e. The van der Waals surface area contributed by atoms with Crippen LogP contribution in [0.5, 0.6) is 5.75 Å². The molecule has 0 spiro atoms. The van der Waals surface area contributed by atoms with Crippen LogP contribution in [0.25, 0.3) is 0 Å². The lowest BCUT2D eigenvalue weighted by atomic mass is 10.1.